The van der Waals surface area contributed by atoms with Crippen molar-refractivity contribution < 1.29 is 14.3 Å². The van der Waals surface area contributed by atoms with E-state index in [1.54, 1.807) is 0 Å². The highest BCUT2D eigenvalue weighted by molar-refractivity contribution is 7.99. The Labute approximate surface area is 153 Å². The van der Waals surface area contributed by atoms with Gasteiger partial charge in [0, 0.05) is 25.2 Å². The molecule has 1 N–H and O–H groups in total. The van der Waals surface area contributed by atoms with Crippen LogP contribution in [-0.2, 0) is 4.79 Å². The zero-order chi connectivity index (χ0) is 17.1. The Bertz CT molecular complexity index is 598. The van der Waals surface area contributed by atoms with Gasteiger partial charge in [-0.1, -0.05) is 12.1 Å². The molecule has 2 saturated heterocycles. The molecule has 1 aromatic carbocycles. The number of benzene rings is 1. The molecule has 1 atom stereocenters. The second kappa shape index (κ2) is 7.87. The van der Waals surface area contributed by atoms with Crippen molar-refractivity contribution >= 4 is 17.7 Å². The second-order valence-electron chi connectivity index (χ2n) is 7.03. The summed E-state index contributed by atoms with van der Waals surface area (Å²) in [4.78, 5) is 15.2. The minimum atomic E-state index is -0.553. The molecule has 136 valence electrons. The Hall–Kier alpha value is -1.40. The van der Waals surface area contributed by atoms with Crippen LogP contribution in [0.25, 0.3) is 0 Å². The van der Waals surface area contributed by atoms with Crippen LogP contribution in [-0.4, -0.2) is 60.2 Å². The van der Waals surface area contributed by atoms with E-state index in [1.165, 1.54) is 24.3 Å². The molecule has 0 aromatic heterocycles. The Morgan fingerprint density at radius 2 is 1.80 bits per heavy atom. The number of fused-ring (bicyclic) bond motifs is 1. The summed E-state index contributed by atoms with van der Waals surface area (Å²) in [5, 5.41) is 3.17. The topological polar surface area (TPSA) is 50.8 Å². The summed E-state index contributed by atoms with van der Waals surface area (Å²) < 4.78 is 11.4. The summed E-state index contributed by atoms with van der Waals surface area (Å²) in [5.41, 5.74) is 0. The van der Waals surface area contributed by atoms with Gasteiger partial charge in [0.05, 0.1) is 0 Å². The maximum absolute atomic E-state index is 12.5. The van der Waals surface area contributed by atoms with Crippen molar-refractivity contribution in [3.8, 4) is 11.5 Å². The van der Waals surface area contributed by atoms with Crippen LogP contribution >= 0.6 is 11.8 Å². The van der Waals surface area contributed by atoms with Crippen molar-refractivity contribution in [1.29, 1.82) is 0 Å². The number of likely N-dealkylation sites (tertiary alicyclic amines) is 1. The number of nitrogens with zero attached hydrogens (tertiary/aromatic N) is 1. The fourth-order valence-corrected chi connectivity index (χ4v) is 4.98. The van der Waals surface area contributed by atoms with E-state index in [1.807, 2.05) is 24.3 Å². The normalized spacial score (nSPS) is 25.5. The highest BCUT2D eigenvalue weighted by Gasteiger charge is 2.31. The van der Waals surface area contributed by atoms with Gasteiger partial charge < -0.3 is 19.7 Å². The fraction of sp³-hybridized carbons (Fsp3) is 0.632. The van der Waals surface area contributed by atoms with Gasteiger partial charge in [-0.2, -0.15) is 11.8 Å². The Morgan fingerprint density at radius 1 is 1.08 bits per heavy atom. The van der Waals surface area contributed by atoms with Crippen LogP contribution in [0.4, 0.5) is 0 Å². The average molecular weight is 362 g/mol. The van der Waals surface area contributed by atoms with Gasteiger partial charge in [0.25, 0.3) is 5.91 Å². The molecule has 0 spiro atoms. The van der Waals surface area contributed by atoms with Crippen molar-refractivity contribution in [3.63, 3.8) is 0 Å². The minimum Gasteiger partial charge on any atom is -0.485 e. The average Bonchev–Trinajstić information content (AvgIpc) is 2.69. The molecule has 6 heteroatoms. The van der Waals surface area contributed by atoms with E-state index in [0.29, 0.717) is 11.5 Å². The number of ether oxygens (including phenoxy) is 2. The molecule has 25 heavy (non-hydrogen) atoms. The van der Waals surface area contributed by atoms with Gasteiger partial charge in [-0.25, -0.2) is 0 Å². The maximum Gasteiger partial charge on any atom is 0.264 e. The van der Waals surface area contributed by atoms with E-state index in [2.05, 4.69) is 22.0 Å². The number of carbonyl (C=O) groups excluding carboxylic acids is 1. The molecular formula is C19H26N2O3S. The molecule has 0 aliphatic carbocycles. The minimum absolute atomic E-state index is 0.0537. The number of nitrogens with one attached hydrogen (secondary N) is 1. The van der Waals surface area contributed by atoms with Gasteiger partial charge in [-0.15, -0.1) is 0 Å². The predicted octanol–water partition coefficient (Wildman–Crippen LogP) is 2.30. The lowest BCUT2D eigenvalue weighted by Crippen LogP contribution is -2.52. The lowest BCUT2D eigenvalue weighted by atomic mass is 10.0. The largest absolute Gasteiger partial charge is 0.485 e. The lowest BCUT2D eigenvalue weighted by molar-refractivity contribution is -0.131. The smallest absolute Gasteiger partial charge is 0.264 e. The number of piperidine rings is 1. The monoisotopic (exact) mass is 362 g/mol. The van der Waals surface area contributed by atoms with Crippen LogP contribution in [0.2, 0.25) is 0 Å². The summed E-state index contributed by atoms with van der Waals surface area (Å²) in [6.45, 7) is 2.46. The molecule has 3 aliphatic heterocycles. The third kappa shape index (κ3) is 4.06. The van der Waals surface area contributed by atoms with Crippen LogP contribution in [0.1, 0.15) is 25.7 Å². The highest BCUT2D eigenvalue weighted by atomic mass is 32.2. The summed E-state index contributed by atoms with van der Waals surface area (Å²) in [7, 11) is 0. The fourth-order valence-electron chi connectivity index (χ4n) is 3.90. The number of amides is 1. The zero-order valence-electron chi connectivity index (χ0n) is 14.5. The molecule has 0 saturated carbocycles. The Morgan fingerprint density at radius 3 is 2.56 bits per heavy atom. The van der Waals surface area contributed by atoms with Crippen molar-refractivity contribution in [2.75, 3.05) is 31.2 Å². The zero-order valence-corrected chi connectivity index (χ0v) is 15.3. The van der Waals surface area contributed by atoms with Crippen molar-refractivity contribution in [3.05, 3.63) is 24.3 Å². The van der Waals surface area contributed by atoms with Crippen LogP contribution in [0.15, 0.2) is 24.3 Å². The summed E-state index contributed by atoms with van der Waals surface area (Å²) in [6, 6.07) is 8.51. The highest BCUT2D eigenvalue weighted by Crippen LogP contribution is 2.31. The Kier molecular flexibility index (Phi) is 5.36. The molecule has 4 rings (SSSR count). The van der Waals surface area contributed by atoms with Crippen LogP contribution in [0, 0.1) is 0 Å². The standard InChI is InChI=1S/C19H26N2O3S/c22-19(18-13-23-16-3-1-2-4-17(16)24-18)20-14-5-9-21(10-6-14)15-7-11-25-12-8-15/h1-4,14-15,18H,5-13H2,(H,20,22)/t18-/m1/s1. The van der Waals surface area contributed by atoms with E-state index in [0.717, 1.165) is 32.0 Å². The molecule has 0 bridgehead atoms. The number of para-hydroxylation sites is 2. The summed E-state index contributed by atoms with van der Waals surface area (Å²) in [5.74, 6) is 3.90. The van der Waals surface area contributed by atoms with E-state index >= 15 is 0 Å². The number of hydrogen-bond donors (Lipinski definition) is 1. The predicted molar refractivity (Wildman–Crippen MR) is 99.4 cm³/mol. The van der Waals surface area contributed by atoms with Crippen molar-refractivity contribution in [1.82, 2.24) is 10.2 Å². The summed E-state index contributed by atoms with van der Waals surface area (Å²) in [6.07, 6.45) is 4.13. The molecule has 1 aromatic rings. The van der Waals surface area contributed by atoms with E-state index < -0.39 is 6.10 Å². The quantitative estimate of drug-likeness (QED) is 0.894. The first kappa shape index (κ1) is 17.0. The van der Waals surface area contributed by atoms with Gasteiger partial charge in [0.2, 0.25) is 6.10 Å². The third-order valence-electron chi connectivity index (χ3n) is 5.38. The molecule has 0 radical (unpaired) electrons. The van der Waals surface area contributed by atoms with Gasteiger partial charge in [0.1, 0.15) is 6.61 Å². The van der Waals surface area contributed by atoms with Crippen LogP contribution in [0.5, 0.6) is 11.5 Å². The number of hydrogen-bond acceptors (Lipinski definition) is 5. The van der Waals surface area contributed by atoms with Crippen molar-refractivity contribution in [2.45, 2.75) is 43.9 Å². The molecular weight excluding hydrogens is 336 g/mol. The van der Waals surface area contributed by atoms with Crippen molar-refractivity contribution in [2.24, 2.45) is 0 Å². The Balaban J connectivity index is 1.25. The molecule has 0 unspecified atom stereocenters. The SMILES string of the molecule is O=C(NC1CCN(C2CCSCC2)CC1)[C@H]1COc2ccccc2O1. The van der Waals surface area contributed by atoms with E-state index in [9.17, 15) is 4.79 Å². The lowest BCUT2D eigenvalue weighted by Gasteiger charge is -2.39. The maximum atomic E-state index is 12.5. The molecule has 3 heterocycles. The third-order valence-corrected chi connectivity index (χ3v) is 6.43. The number of rotatable bonds is 3. The first-order valence-corrected chi connectivity index (χ1v) is 10.5. The molecule has 1 amide bonds. The van der Waals surface area contributed by atoms with Gasteiger partial charge in [-0.05, 0) is 49.3 Å². The molecule has 3 aliphatic rings. The van der Waals surface area contributed by atoms with Gasteiger partial charge in [0.15, 0.2) is 11.5 Å². The number of thioether (sulfide) groups is 1. The molecule has 5 nitrogen and oxygen atoms in total. The van der Waals surface area contributed by atoms with E-state index in [-0.39, 0.29) is 18.6 Å². The van der Waals surface area contributed by atoms with Crippen LogP contribution < -0.4 is 14.8 Å². The number of carbonyl (C=O) groups is 1. The van der Waals surface area contributed by atoms with Gasteiger partial charge in [-0.3, -0.25) is 4.79 Å². The van der Waals surface area contributed by atoms with Crippen LogP contribution in [0.3, 0.4) is 0 Å². The van der Waals surface area contributed by atoms with Gasteiger partial charge >= 0.3 is 0 Å². The second-order valence-corrected chi connectivity index (χ2v) is 8.25. The first-order valence-electron chi connectivity index (χ1n) is 9.30. The summed E-state index contributed by atoms with van der Waals surface area (Å²) >= 11 is 2.07. The first-order chi connectivity index (χ1) is 12.3. The molecule has 2 fully saturated rings. The van der Waals surface area contributed by atoms with E-state index in [4.69, 9.17) is 9.47 Å².